The molecular formula is C16H22N6O. The topological polar surface area (TPSA) is 67.3 Å². The maximum atomic E-state index is 5.47. The third-order valence-corrected chi connectivity index (χ3v) is 3.80. The Kier molecular flexibility index (Phi) is 4.85. The van der Waals surface area contributed by atoms with Crippen LogP contribution in [-0.4, -0.2) is 52.7 Å². The molecule has 0 aromatic carbocycles. The highest BCUT2D eigenvalue weighted by atomic mass is 16.5. The minimum absolute atomic E-state index is 0.608. The van der Waals surface area contributed by atoms with Crippen LogP contribution in [0.15, 0.2) is 24.7 Å². The van der Waals surface area contributed by atoms with Crippen molar-refractivity contribution in [2.75, 3.05) is 42.6 Å². The fourth-order valence-electron chi connectivity index (χ4n) is 2.67. The van der Waals surface area contributed by atoms with Crippen molar-refractivity contribution in [2.45, 2.75) is 20.3 Å². The SMILES string of the molecule is CCOc1ccnc(N2CCCN(c3cc(C)ncn3)CC2)n1. The van der Waals surface area contributed by atoms with Gasteiger partial charge in [-0.1, -0.05) is 0 Å². The first-order valence-electron chi connectivity index (χ1n) is 8.00. The Morgan fingerprint density at radius 1 is 1.09 bits per heavy atom. The number of hydrogen-bond donors (Lipinski definition) is 0. The highest BCUT2D eigenvalue weighted by Crippen LogP contribution is 2.18. The van der Waals surface area contributed by atoms with Crippen LogP contribution in [0.4, 0.5) is 11.8 Å². The van der Waals surface area contributed by atoms with Crippen molar-refractivity contribution in [3.8, 4) is 5.88 Å². The Hall–Kier alpha value is -2.44. The van der Waals surface area contributed by atoms with E-state index in [1.807, 2.05) is 19.9 Å². The van der Waals surface area contributed by atoms with E-state index in [1.54, 1.807) is 18.6 Å². The van der Waals surface area contributed by atoms with Crippen LogP contribution in [0.1, 0.15) is 19.0 Å². The molecule has 1 aliphatic rings. The minimum atomic E-state index is 0.608. The molecule has 3 heterocycles. The molecule has 1 fully saturated rings. The van der Waals surface area contributed by atoms with Gasteiger partial charge in [-0.2, -0.15) is 4.98 Å². The van der Waals surface area contributed by atoms with E-state index in [0.29, 0.717) is 12.5 Å². The molecule has 1 aliphatic heterocycles. The normalized spacial score (nSPS) is 15.4. The Morgan fingerprint density at radius 2 is 1.91 bits per heavy atom. The smallest absolute Gasteiger partial charge is 0.228 e. The van der Waals surface area contributed by atoms with Gasteiger partial charge in [-0.25, -0.2) is 15.0 Å². The number of nitrogens with zero attached hydrogens (tertiary/aromatic N) is 6. The van der Waals surface area contributed by atoms with Crippen LogP contribution in [0.3, 0.4) is 0 Å². The van der Waals surface area contributed by atoms with Gasteiger partial charge in [0.1, 0.15) is 12.1 Å². The van der Waals surface area contributed by atoms with Crippen molar-refractivity contribution in [3.05, 3.63) is 30.4 Å². The van der Waals surface area contributed by atoms with E-state index in [4.69, 9.17) is 4.74 Å². The summed E-state index contributed by atoms with van der Waals surface area (Å²) in [7, 11) is 0. The quantitative estimate of drug-likeness (QED) is 0.850. The van der Waals surface area contributed by atoms with Crippen LogP contribution < -0.4 is 14.5 Å². The Morgan fingerprint density at radius 3 is 2.74 bits per heavy atom. The molecule has 0 N–H and O–H groups in total. The predicted molar refractivity (Wildman–Crippen MR) is 89.0 cm³/mol. The summed E-state index contributed by atoms with van der Waals surface area (Å²) in [4.78, 5) is 21.9. The van der Waals surface area contributed by atoms with E-state index >= 15 is 0 Å². The molecule has 3 rings (SSSR count). The van der Waals surface area contributed by atoms with Crippen LogP contribution >= 0.6 is 0 Å². The largest absolute Gasteiger partial charge is 0.478 e. The lowest BCUT2D eigenvalue weighted by Gasteiger charge is -2.23. The maximum absolute atomic E-state index is 5.47. The van der Waals surface area contributed by atoms with E-state index < -0.39 is 0 Å². The molecule has 0 aliphatic carbocycles. The standard InChI is InChI=1S/C16H22N6O/c1-3-23-15-5-6-17-16(20-15)22-8-4-7-21(9-10-22)14-11-13(2)18-12-19-14/h5-6,11-12H,3-4,7-10H2,1-2H3. The highest BCUT2D eigenvalue weighted by molar-refractivity contribution is 5.41. The molecule has 2 aromatic rings. The summed E-state index contributed by atoms with van der Waals surface area (Å²) in [5.41, 5.74) is 0.990. The van der Waals surface area contributed by atoms with Gasteiger partial charge in [-0.3, -0.25) is 0 Å². The van der Waals surface area contributed by atoms with Crippen molar-refractivity contribution >= 4 is 11.8 Å². The van der Waals surface area contributed by atoms with Gasteiger partial charge < -0.3 is 14.5 Å². The summed E-state index contributed by atoms with van der Waals surface area (Å²) in [6.45, 7) is 8.19. The molecule has 0 atom stereocenters. The number of ether oxygens (including phenoxy) is 1. The van der Waals surface area contributed by atoms with Crippen molar-refractivity contribution in [2.24, 2.45) is 0 Å². The zero-order valence-electron chi connectivity index (χ0n) is 13.6. The fraction of sp³-hybridized carbons (Fsp3) is 0.500. The predicted octanol–water partition coefficient (Wildman–Crippen LogP) is 1.69. The first-order valence-corrected chi connectivity index (χ1v) is 8.00. The van der Waals surface area contributed by atoms with Gasteiger partial charge in [0.2, 0.25) is 11.8 Å². The molecule has 0 bridgehead atoms. The molecule has 0 saturated carbocycles. The minimum Gasteiger partial charge on any atom is -0.478 e. The molecule has 7 nitrogen and oxygen atoms in total. The lowest BCUT2D eigenvalue weighted by atomic mass is 10.3. The summed E-state index contributed by atoms with van der Waals surface area (Å²) in [5.74, 6) is 2.35. The first-order chi connectivity index (χ1) is 11.3. The second-order valence-corrected chi connectivity index (χ2v) is 5.47. The Bertz CT molecular complexity index is 650. The summed E-state index contributed by atoms with van der Waals surface area (Å²) in [6.07, 6.45) is 4.41. The van der Waals surface area contributed by atoms with Gasteiger partial charge in [0, 0.05) is 50.2 Å². The van der Waals surface area contributed by atoms with E-state index in [-0.39, 0.29) is 0 Å². The molecule has 1 saturated heterocycles. The van der Waals surface area contributed by atoms with Gasteiger partial charge in [0.15, 0.2) is 0 Å². The average molecular weight is 314 g/mol. The van der Waals surface area contributed by atoms with Gasteiger partial charge in [-0.05, 0) is 20.3 Å². The fourth-order valence-corrected chi connectivity index (χ4v) is 2.67. The van der Waals surface area contributed by atoms with Crippen molar-refractivity contribution < 1.29 is 4.74 Å². The van der Waals surface area contributed by atoms with Crippen LogP contribution in [0.5, 0.6) is 5.88 Å². The monoisotopic (exact) mass is 314 g/mol. The highest BCUT2D eigenvalue weighted by Gasteiger charge is 2.18. The molecule has 122 valence electrons. The van der Waals surface area contributed by atoms with Crippen molar-refractivity contribution in [3.63, 3.8) is 0 Å². The number of anilines is 2. The molecule has 7 heteroatoms. The Labute approximate surface area is 136 Å². The molecule has 0 amide bonds. The molecule has 2 aromatic heterocycles. The number of aromatic nitrogens is 4. The summed E-state index contributed by atoms with van der Waals surface area (Å²) >= 11 is 0. The lowest BCUT2D eigenvalue weighted by Crippen LogP contribution is -2.32. The Balaban J connectivity index is 1.70. The van der Waals surface area contributed by atoms with Gasteiger partial charge in [-0.15, -0.1) is 0 Å². The van der Waals surface area contributed by atoms with E-state index in [9.17, 15) is 0 Å². The summed E-state index contributed by atoms with van der Waals surface area (Å²) < 4.78 is 5.47. The summed E-state index contributed by atoms with van der Waals surface area (Å²) in [6, 6.07) is 3.82. The van der Waals surface area contributed by atoms with Crippen molar-refractivity contribution in [1.82, 2.24) is 19.9 Å². The van der Waals surface area contributed by atoms with Gasteiger partial charge >= 0.3 is 0 Å². The number of rotatable bonds is 4. The molecule has 0 radical (unpaired) electrons. The second kappa shape index (κ2) is 7.21. The zero-order valence-corrected chi connectivity index (χ0v) is 13.6. The first kappa shape index (κ1) is 15.5. The number of aryl methyl sites for hydroxylation is 1. The molecule has 23 heavy (non-hydrogen) atoms. The van der Waals surface area contributed by atoms with E-state index in [2.05, 4.69) is 29.7 Å². The van der Waals surface area contributed by atoms with Crippen LogP contribution in [-0.2, 0) is 0 Å². The van der Waals surface area contributed by atoms with Crippen LogP contribution in [0, 0.1) is 6.92 Å². The average Bonchev–Trinajstić information content (AvgIpc) is 2.82. The zero-order chi connectivity index (χ0) is 16.1. The number of hydrogen-bond acceptors (Lipinski definition) is 7. The summed E-state index contributed by atoms with van der Waals surface area (Å²) in [5, 5.41) is 0. The van der Waals surface area contributed by atoms with Gasteiger partial charge in [0.05, 0.1) is 6.61 Å². The van der Waals surface area contributed by atoms with Crippen LogP contribution in [0.25, 0.3) is 0 Å². The second-order valence-electron chi connectivity index (χ2n) is 5.47. The third kappa shape index (κ3) is 3.85. The van der Waals surface area contributed by atoms with E-state index in [0.717, 1.165) is 50.1 Å². The lowest BCUT2D eigenvalue weighted by molar-refractivity contribution is 0.326. The van der Waals surface area contributed by atoms with Gasteiger partial charge in [0.25, 0.3) is 0 Å². The van der Waals surface area contributed by atoms with Crippen LogP contribution in [0.2, 0.25) is 0 Å². The molecule has 0 unspecified atom stereocenters. The van der Waals surface area contributed by atoms with E-state index in [1.165, 1.54) is 0 Å². The molecular weight excluding hydrogens is 292 g/mol. The van der Waals surface area contributed by atoms with Crippen molar-refractivity contribution in [1.29, 1.82) is 0 Å². The maximum Gasteiger partial charge on any atom is 0.228 e. The molecule has 0 spiro atoms. The third-order valence-electron chi connectivity index (χ3n) is 3.80.